The third-order valence-electron chi connectivity index (χ3n) is 5.69. The number of carbonyl (C=O) groups is 2. The monoisotopic (exact) mass is 278 g/mol. The minimum Gasteiger partial charge on any atom is -0.345 e. The van der Waals surface area contributed by atoms with E-state index in [0.29, 0.717) is 5.92 Å². The number of fused-ring (bicyclic) bond motifs is 2. The smallest absolute Gasteiger partial charge is 0.309 e. The van der Waals surface area contributed by atoms with Crippen molar-refractivity contribution in [1.82, 2.24) is 10.6 Å². The number of hydrogen-bond acceptors (Lipinski definition) is 2. The molecule has 0 saturated heterocycles. The van der Waals surface area contributed by atoms with E-state index in [1.165, 1.54) is 25.7 Å². The Hall–Kier alpha value is -1.06. The van der Waals surface area contributed by atoms with Crippen molar-refractivity contribution in [1.29, 1.82) is 0 Å². The van der Waals surface area contributed by atoms with Gasteiger partial charge in [-0.2, -0.15) is 0 Å². The van der Waals surface area contributed by atoms with Gasteiger partial charge in [-0.05, 0) is 56.8 Å². The van der Waals surface area contributed by atoms with E-state index in [4.69, 9.17) is 0 Å². The normalized spacial score (nSPS) is 34.1. The minimum absolute atomic E-state index is 0.132. The van der Waals surface area contributed by atoms with E-state index < -0.39 is 11.8 Å². The highest BCUT2D eigenvalue weighted by Crippen LogP contribution is 2.49. The van der Waals surface area contributed by atoms with Crippen molar-refractivity contribution in [2.75, 3.05) is 0 Å². The Balaban J connectivity index is 1.46. The molecular weight excluding hydrogens is 252 g/mol. The van der Waals surface area contributed by atoms with Crippen LogP contribution in [0.2, 0.25) is 0 Å². The SMILES string of the molecule is CC(NC(=O)C(=O)NC1CCCC1)C1CC2CCC1C2. The fraction of sp³-hybridized carbons (Fsp3) is 0.875. The highest BCUT2D eigenvalue weighted by Gasteiger charge is 2.42. The highest BCUT2D eigenvalue weighted by atomic mass is 16.2. The van der Waals surface area contributed by atoms with Crippen molar-refractivity contribution in [2.45, 2.75) is 70.4 Å². The Labute approximate surface area is 121 Å². The fourth-order valence-corrected chi connectivity index (χ4v) is 4.61. The van der Waals surface area contributed by atoms with Gasteiger partial charge < -0.3 is 10.6 Å². The molecule has 4 nitrogen and oxygen atoms in total. The van der Waals surface area contributed by atoms with E-state index in [-0.39, 0.29) is 12.1 Å². The second-order valence-corrected chi connectivity index (χ2v) is 7.06. The van der Waals surface area contributed by atoms with Crippen LogP contribution in [-0.4, -0.2) is 23.9 Å². The summed E-state index contributed by atoms with van der Waals surface area (Å²) in [6, 6.07) is 0.346. The van der Waals surface area contributed by atoms with E-state index in [1.54, 1.807) is 0 Å². The van der Waals surface area contributed by atoms with Crippen LogP contribution in [0, 0.1) is 17.8 Å². The van der Waals surface area contributed by atoms with Crippen molar-refractivity contribution < 1.29 is 9.59 Å². The van der Waals surface area contributed by atoms with Crippen molar-refractivity contribution >= 4 is 11.8 Å². The van der Waals surface area contributed by atoms with E-state index in [2.05, 4.69) is 17.6 Å². The molecule has 0 heterocycles. The summed E-state index contributed by atoms with van der Waals surface area (Å²) in [6.07, 6.45) is 9.59. The Morgan fingerprint density at radius 1 is 1.00 bits per heavy atom. The van der Waals surface area contributed by atoms with Crippen molar-refractivity contribution in [3.8, 4) is 0 Å². The maximum atomic E-state index is 12.0. The zero-order valence-corrected chi connectivity index (χ0v) is 12.4. The van der Waals surface area contributed by atoms with Crippen LogP contribution in [-0.2, 0) is 9.59 Å². The first kappa shape index (κ1) is 13.9. The Morgan fingerprint density at radius 3 is 2.35 bits per heavy atom. The standard InChI is InChI=1S/C16H26N2O2/c1-10(14-9-11-6-7-12(14)8-11)17-15(19)16(20)18-13-4-2-3-5-13/h10-14H,2-9H2,1H3,(H,17,19)(H,18,20). The van der Waals surface area contributed by atoms with Gasteiger partial charge in [-0.15, -0.1) is 0 Å². The second-order valence-electron chi connectivity index (χ2n) is 7.06. The molecule has 3 aliphatic rings. The number of nitrogens with one attached hydrogen (secondary N) is 2. The maximum Gasteiger partial charge on any atom is 0.309 e. The summed E-state index contributed by atoms with van der Waals surface area (Å²) in [6.45, 7) is 2.06. The summed E-state index contributed by atoms with van der Waals surface area (Å²) in [5.41, 5.74) is 0. The third kappa shape index (κ3) is 2.84. The molecule has 0 aromatic rings. The molecule has 112 valence electrons. The van der Waals surface area contributed by atoms with Gasteiger partial charge in [0.25, 0.3) is 0 Å². The molecule has 0 aliphatic heterocycles. The van der Waals surface area contributed by atoms with Crippen LogP contribution in [0.3, 0.4) is 0 Å². The molecule has 0 aromatic carbocycles. The average Bonchev–Trinajstić information content (AvgIpc) is 3.15. The van der Waals surface area contributed by atoms with E-state index in [9.17, 15) is 9.59 Å². The maximum absolute atomic E-state index is 12.0. The predicted molar refractivity (Wildman–Crippen MR) is 76.9 cm³/mol. The van der Waals surface area contributed by atoms with Crippen molar-refractivity contribution in [3.63, 3.8) is 0 Å². The molecule has 0 radical (unpaired) electrons. The fourth-order valence-electron chi connectivity index (χ4n) is 4.61. The molecule has 4 unspecified atom stereocenters. The molecule has 3 saturated carbocycles. The molecule has 20 heavy (non-hydrogen) atoms. The molecular formula is C16H26N2O2. The largest absolute Gasteiger partial charge is 0.345 e. The first-order valence-electron chi connectivity index (χ1n) is 8.25. The average molecular weight is 278 g/mol. The van der Waals surface area contributed by atoms with Crippen LogP contribution < -0.4 is 10.6 Å². The Kier molecular flexibility index (Phi) is 3.99. The van der Waals surface area contributed by atoms with Crippen molar-refractivity contribution in [3.05, 3.63) is 0 Å². The molecule has 2 amide bonds. The van der Waals surface area contributed by atoms with Gasteiger partial charge in [-0.1, -0.05) is 19.3 Å². The van der Waals surface area contributed by atoms with Crippen molar-refractivity contribution in [2.24, 2.45) is 17.8 Å². The van der Waals surface area contributed by atoms with Crippen LogP contribution in [0.5, 0.6) is 0 Å². The van der Waals surface area contributed by atoms with Gasteiger partial charge >= 0.3 is 11.8 Å². The van der Waals surface area contributed by atoms with Crippen LogP contribution in [0.15, 0.2) is 0 Å². The molecule has 4 heteroatoms. The van der Waals surface area contributed by atoms with Gasteiger partial charge in [0.15, 0.2) is 0 Å². The third-order valence-corrected chi connectivity index (χ3v) is 5.69. The van der Waals surface area contributed by atoms with Crippen LogP contribution >= 0.6 is 0 Å². The predicted octanol–water partition coefficient (Wildman–Crippen LogP) is 1.99. The zero-order chi connectivity index (χ0) is 14.1. The zero-order valence-electron chi connectivity index (χ0n) is 12.4. The minimum atomic E-state index is -0.438. The van der Waals surface area contributed by atoms with Gasteiger partial charge in [0.1, 0.15) is 0 Å². The highest BCUT2D eigenvalue weighted by molar-refractivity contribution is 6.35. The number of amides is 2. The molecule has 3 fully saturated rings. The quantitative estimate of drug-likeness (QED) is 0.776. The van der Waals surface area contributed by atoms with E-state index in [1.807, 2.05) is 0 Å². The van der Waals surface area contributed by atoms with Crippen LogP contribution in [0.1, 0.15) is 58.3 Å². The summed E-state index contributed by atoms with van der Waals surface area (Å²) in [4.78, 5) is 23.9. The molecule has 2 bridgehead atoms. The van der Waals surface area contributed by atoms with Gasteiger partial charge in [0.2, 0.25) is 0 Å². The lowest BCUT2D eigenvalue weighted by Crippen LogP contribution is -2.48. The first-order valence-corrected chi connectivity index (χ1v) is 8.25. The molecule has 3 rings (SSSR count). The lowest BCUT2D eigenvalue weighted by atomic mass is 9.84. The second kappa shape index (κ2) is 5.74. The summed E-state index contributed by atoms with van der Waals surface area (Å²) in [5, 5.41) is 5.79. The lowest BCUT2D eigenvalue weighted by molar-refractivity contribution is -0.140. The summed E-state index contributed by atoms with van der Waals surface area (Å²) in [5.74, 6) is 1.35. The molecule has 3 aliphatic carbocycles. The van der Waals surface area contributed by atoms with Gasteiger partial charge in [-0.25, -0.2) is 0 Å². The molecule has 0 spiro atoms. The Morgan fingerprint density at radius 2 is 1.75 bits per heavy atom. The summed E-state index contributed by atoms with van der Waals surface area (Å²) in [7, 11) is 0. The van der Waals surface area contributed by atoms with Gasteiger partial charge in [0, 0.05) is 12.1 Å². The van der Waals surface area contributed by atoms with E-state index in [0.717, 1.165) is 37.5 Å². The van der Waals surface area contributed by atoms with Gasteiger partial charge in [-0.3, -0.25) is 9.59 Å². The Bertz CT molecular complexity index is 390. The molecule has 0 aromatic heterocycles. The van der Waals surface area contributed by atoms with Gasteiger partial charge in [0.05, 0.1) is 0 Å². The number of rotatable bonds is 3. The van der Waals surface area contributed by atoms with E-state index >= 15 is 0 Å². The molecule has 2 N–H and O–H groups in total. The summed E-state index contributed by atoms with van der Waals surface area (Å²) >= 11 is 0. The summed E-state index contributed by atoms with van der Waals surface area (Å²) < 4.78 is 0. The lowest BCUT2D eigenvalue weighted by Gasteiger charge is -2.28. The molecule has 4 atom stereocenters. The first-order chi connectivity index (χ1) is 9.63. The number of carbonyl (C=O) groups excluding carboxylic acids is 2. The van der Waals surface area contributed by atoms with Crippen LogP contribution in [0.4, 0.5) is 0 Å². The van der Waals surface area contributed by atoms with Crippen LogP contribution in [0.25, 0.3) is 0 Å². The number of hydrogen-bond donors (Lipinski definition) is 2. The topological polar surface area (TPSA) is 58.2 Å².